The van der Waals surface area contributed by atoms with Gasteiger partial charge in [0.2, 0.25) is 17.6 Å². The lowest BCUT2D eigenvalue weighted by Gasteiger charge is -2.53. The summed E-state index contributed by atoms with van der Waals surface area (Å²) in [6, 6.07) is 11.7. The second-order valence-electron chi connectivity index (χ2n) is 10.6. The minimum Gasteiger partial charge on any atom is -0.334 e. The number of carbonyl (C=O) groups excluding carboxylic acids is 3. The zero-order valence-electron chi connectivity index (χ0n) is 23.0. The number of halogens is 5. The second kappa shape index (κ2) is 11.6. The van der Waals surface area contributed by atoms with Crippen molar-refractivity contribution in [1.82, 2.24) is 20.0 Å². The van der Waals surface area contributed by atoms with Crippen molar-refractivity contribution in [2.24, 2.45) is 5.92 Å². The molecule has 12 heteroatoms. The monoisotopic (exact) mass is 588 g/mol. The van der Waals surface area contributed by atoms with Gasteiger partial charge in [-0.25, -0.2) is 26.7 Å². The molecule has 2 heterocycles. The molecule has 0 aliphatic carbocycles. The van der Waals surface area contributed by atoms with Gasteiger partial charge in [0.1, 0.15) is 12.2 Å². The SMILES string of the molecule is CC[C@H](C)[C@H]1C(=O)N(Cc2cccc3ccccc23)C[C@@H]2N(C(=O)NCc3c(F)c(F)c(F)c(F)c3F)CCC(=O)N12. The molecule has 3 atom stereocenters. The van der Waals surface area contributed by atoms with Gasteiger partial charge in [-0.1, -0.05) is 62.7 Å². The fourth-order valence-electron chi connectivity index (χ4n) is 5.76. The number of urea groups is 1. The van der Waals surface area contributed by atoms with Gasteiger partial charge in [0.25, 0.3) is 0 Å². The molecule has 3 aromatic carbocycles. The smallest absolute Gasteiger partial charge is 0.319 e. The van der Waals surface area contributed by atoms with Gasteiger partial charge in [0.05, 0.1) is 13.1 Å². The Morgan fingerprint density at radius 1 is 0.952 bits per heavy atom. The van der Waals surface area contributed by atoms with E-state index in [2.05, 4.69) is 5.32 Å². The number of amides is 4. The summed E-state index contributed by atoms with van der Waals surface area (Å²) < 4.78 is 69.3. The van der Waals surface area contributed by atoms with Gasteiger partial charge in [0, 0.05) is 25.1 Å². The molecule has 222 valence electrons. The highest BCUT2D eigenvalue weighted by molar-refractivity contribution is 5.92. The van der Waals surface area contributed by atoms with Gasteiger partial charge in [0.15, 0.2) is 23.3 Å². The third-order valence-corrected chi connectivity index (χ3v) is 8.19. The van der Waals surface area contributed by atoms with Crippen molar-refractivity contribution >= 4 is 28.6 Å². The highest BCUT2D eigenvalue weighted by Crippen LogP contribution is 2.32. The van der Waals surface area contributed by atoms with E-state index in [-0.39, 0.29) is 43.8 Å². The van der Waals surface area contributed by atoms with E-state index in [4.69, 9.17) is 0 Å². The molecule has 2 aliphatic heterocycles. The molecule has 7 nitrogen and oxygen atoms in total. The molecule has 0 unspecified atom stereocenters. The van der Waals surface area contributed by atoms with Crippen LogP contribution in [0, 0.1) is 35.0 Å². The highest BCUT2D eigenvalue weighted by atomic mass is 19.2. The molecule has 0 spiro atoms. The van der Waals surface area contributed by atoms with Gasteiger partial charge < -0.3 is 20.0 Å². The van der Waals surface area contributed by atoms with Crippen LogP contribution in [0.15, 0.2) is 42.5 Å². The summed E-state index contributed by atoms with van der Waals surface area (Å²) in [7, 11) is 0. The van der Waals surface area contributed by atoms with Crippen molar-refractivity contribution in [2.75, 3.05) is 13.1 Å². The molecular weight excluding hydrogens is 559 g/mol. The van der Waals surface area contributed by atoms with E-state index in [0.717, 1.165) is 16.3 Å². The molecule has 2 saturated heterocycles. The van der Waals surface area contributed by atoms with Crippen LogP contribution in [0.1, 0.15) is 37.8 Å². The number of rotatable bonds is 6. The average Bonchev–Trinajstić information content (AvgIpc) is 2.99. The first-order valence-corrected chi connectivity index (χ1v) is 13.7. The largest absolute Gasteiger partial charge is 0.334 e. The van der Waals surface area contributed by atoms with Crippen LogP contribution in [0.4, 0.5) is 26.7 Å². The molecule has 3 aromatic rings. The first-order chi connectivity index (χ1) is 20.0. The van der Waals surface area contributed by atoms with Gasteiger partial charge in [-0.15, -0.1) is 0 Å². The maximum atomic E-state index is 14.2. The third kappa shape index (κ3) is 5.03. The lowest BCUT2D eigenvalue weighted by molar-refractivity contribution is -0.170. The molecule has 2 fully saturated rings. The van der Waals surface area contributed by atoms with Crippen molar-refractivity contribution in [1.29, 1.82) is 0 Å². The number of nitrogens with zero attached hydrogens (tertiary/aromatic N) is 3. The number of hydrogen-bond acceptors (Lipinski definition) is 3. The molecule has 4 amide bonds. The molecular formula is C30H29F5N4O3. The Hall–Kier alpha value is -4.22. The van der Waals surface area contributed by atoms with Crippen LogP contribution in [0.2, 0.25) is 0 Å². The maximum Gasteiger partial charge on any atom is 0.319 e. The van der Waals surface area contributed by atoms with Crippen LogP contribution in [0.25, 0.3) is 10.8 Å². The molecule has 2 aliphatic rings. The summed E-state index contributed by atoms with van der Waals surface area (Å²) in [5, 5.41) is 4.18. The Kier molecular flexibility index (Phi) is 8.07. The van der Waals surface area contributed by atoms with Crippen molar-refractivity contribution in [3.05, 3.63) is 82.7 Å². The normalized spacial score (nSPS) is 19.7. The van der Waals surface area contributed by atoms with Crippen LogP contribution < -0.4 is 5.32 Å². The van der Waals surface area contributed by atoms with Crippen LogP contribution in [-0.4, -0.2) is 57.8 Å². The molecule has 0 saturated carbocycles. The van der Waals surface area contributed by atoms with Gasteiger partial charge >= 0.3 is 6.03 Å². The molecule has 42 heavy (non-hydrogen) atoms. The number of benzene rings is 3. The van der Waals surface area contributed by atoms with Crippen LogP contribution in [-0.2, 0) is 22.7 Å². The van der Waals surface area contributed by atoms with Crippen LogP contribution in [0.3, 0.4) is 0 Å². The van der Waals surface area contributed by atoms with Crippen molar-refractivity contribution in [3.8, 4) is 0 Å². The third-order valence-electron chi connectivity index (χ3n) is 8.19. The summed E-state index contributed by atoms with van der Waals surface area (Å²) in [6.07, 6.45) is -0.438. The Labute approximate surface area is 238 Å². The number of hydrogen-bond donors (Lipinski definition) is 1. The van der Waals surface area contributed by atoms with Crippen LogP contribution >= 0.6 is 0 Å². The van der Waals surface area contributed by atoms with Gasteiger partial charge in [-0.2, -0.15) is 0 Å². The first kappa shape index (κ1) is 29.3. The lowest BCUT2D eigenvalue weighted by atomic mass is 9.91. The standard InChI is InChI=1S/C30H29F5N4O3/c1-3-16(2)28-29(41)37(14-18-9-6-8-17-7-4-5-10-19(17)18)15-21-38(12-11-22(40)39(21)28)30(42)36-13-20-23(31)25(33)27(35)26(34)24(20)32/h4-10,16,21,28H,3,11-15H2,1-2H3,(H,36,42)/t16-,21+,28-/m0/s1. The quantitative estimate of drug-likeness (QED) is 0.249. The van der Waals surface area contributed by atoms with E-state index in [9.17, 15) is 36.3 Å². The van der Waals surface area contributed by atoms with E-state index in [0.29, 0.717) is 6.42 Å². The predicted octanol–water partition coefficient (Wildman–Crippen LogP) is 5.06. The number of piperazine rings is 1. The second-order valence-corrected chi connectivity index (χ2v) is 10.6. The van der Waals surface area contributed by atoms with E-state index in [1.807, 2.05) is 56.3 Å². The fraction of sp³-hybridized carbons (Fsp3) is 0.367. The summed E-state index contributed by atoms with van der Waals surface area (Å²) in [5.41, 5.74) is -0.305. The van der Waals surface area contributed by atoms with Crippen molar-refractivity contribution < 1.29 is 36.3 Å². The summed E-state index contributed by atoms with van der Waals surface area (Å²) in [4.78, 5) is 44.6. The fourth-order valence-corrected chi connectivity index (χ4v) is 5.76. The van der Waals surface area contributed by atoms with Crippen molar-refractivity contribution in [2.45, 2.75) is 52.0 Å². The first-order valence-electron chi connectivity index (χ1n) is 13.7. The predicted molar refractivity (Wildman–Crippen MR) is 143 cm³/mol. The molecule has 5 rings (SSSR count). The minimum atomic E-state index is -2.29. The molecule has 0 aromatic heterocycles. The highest BCUT2D eigenvalue weighted by Gasteiger charge is 2.50. The van der Waals surface area contributed by atoms with Crippen molar-refractivity contribution in [3.63, 3.8) is 0 Å². The Balaban J connectivity index is 1.44. The van der Waals surface area contributed by atoms with Gasteiger partial charge in [-0.05, 0) is 22.3 Å². The Morgan fingerprint density at radius 2 is 1.60 bits per heavy atom. The Morgan fingerprint density at radius 3 is 2.29 bits per heavy atom. The van der Waals surface area contributed by atoms with E-state index in [1.54, 1.807) is 4.90 Å². The topological polar surface area (TPSA) is 73.0 Å². The summed E-state index contributed by atoms with van der Waals surface area (Å²) in [6.45, 7) is 2.88. The minimum absolute atomic E-state index is 0.0311. The van der Waals surface area contributed by atoms with E-state index in [1.165, 1.54) is 9.80 Å². The number of carbonyl (C=O) groups is 3. The summed E-state index contributed by atoms with van der Waals surface area (Å²) >= 11 is 0. The van der Waals surface area contributed by atoms with Gasteiger partial charge in [-0.3, -0.25) is 9.59 Å². The Bertz CT molecular complexity index is 1530. The number of fused-ring (bicyclic) bond motifs is 2. The lowest BCUT2D eigenvalue weighted by Crippen LogP contribution is -2.72. The molecule has 0 radical (unpaired) electrons. The zero-order chi connectivity index (χ0) is 30.3. The number of nitrogens with one attached hydrogen (secondary N) is 1. The van der Waals surface area contributed by atoms with E-state index >= 15 is 0 Å². The molecule has 0 bridgehead atoms. The zero-order valence-corrected chi connectivity index (χ0v) is 23.0. The average molecular weight is 589 g/mol. The van der Waals surface area contributed by atoms with E-state index < -0.39 is 59.4 Å². The molecule has 1 N–H and O–H groups in total. The summed E-state index contributed by atoms with van der Waals surface area (Å²) in [5.74, 6) is -11.4. The maximum absolute atomic E-state index is 14.2. The van der Waals surface area contributed by atoms with Crippen LogP contribution in [0.5, 0.6) is 0 Å².